The van der Waals surface area contributed by atoms with Crippen LogP contribution < -0.4 is 5.73 Å². The van der Waals surface area contributed by atoms with Crippen molar-refractivity contribution in [1.82, 2.24) is 4.57 Å². The van der Waals surface area contributed by atoms with Gasteiger partial charge in [0.1, 0.15) is 6.07 Å². The van der Waals surface area contributed by atoms with Gasteiger partial charge in [-0.05, 0) is 30.3 Å². The maximum absolute atomic E-state index is 9.51. The summed E-state index contributed by atoms with van der Waals surface area (Å²) in [5.74, 6) is 0. The number of aryl methyl sites for hydroxylation is 1. The minimum Gasteiger partial charge on any atom is -0.399 e. The first-order valence-electron chi connectivity index (χ1n) is 6.16. The van der Waals surface area contributed by atoms with Crippen LogP contribution in [-0.2, 0) is 7.05 Å². The second-order valence-electron chi connectivity index (χ2n) is 4.68. The molecule has 0 aliphatic rings. The highest BCUT2D eigenvalue weighted by atomic mass is 35.5. The van der Waals surface area contributed by atoms with Crippen molar-refractivity contribution in [2.24, 2.45) is 7.05 Å². The summed E-state index contributed by atoms with van der Waals surface area (Å²) in [5.41, 5.74) is 9.90. The number of hydrogen-bond donors (Lipinski definition) is 1. The van der Waals surface area contributed by atoms with Gasteiger partial charge in [-0.1, -0.05) is 23.7 Å². The zero-order chi connectivity index (χ0) is 14.3. The normalized spacial score (nSPS) is 10.7. The lowest BCUT2D eigenvalue weighted by molar-refractivity contribution is 0.976. The van der Waals surface area contributed by atoms with Crippen LogP contribution in [0.5, 0.6) is 0 Å². The molecule has 0 spiro atoms. The maximum atomic E-state index is 9.51. The molecule has 0 unspecified atom stereocenters. The van der Waals surface area contributed by atoms with Gasteiger partial charge in [0, 0.05) is 34.2 Å². The molecule has 0 fully saturated rings. The average molecular weight is 282 g/mol. The third-order valence-corrected chi connectivity index (χ3v) is 3.67. The number of fused-ring (bicyclic) bond motifs is 1. The van der Waals surface area contributed by atoms with E-state index in [1.807, 2.05) is 54.1 Å². The molecule has 3 rings (SSSR count). The van der Waals surface area contributed by atoms with Gasteiger partial charge in [0.2, 0.25) is 0 Å². The number of nitriles is 1. The summed E-state index contributed by atoms with van der Waals surface area (Å²) >= 11 is 6.04. The van der Waals surface area contributed by atoms with Crippen LogP contribution in [0, 0.1) is 11.3 Å². The molecule has 0 bridgehead atoms. The lowest BCUT2D eigenvalue weighted by Crippen LogP contribution is -1.94. The molecule has 0 aliphatic carbocycles. The molecule has 4 heteroatoms. The fourth-order valence-corrected chi connectivity index (χ4v) is 2.73. The molecule has 98 valence electrons. The lowest BCUT2D eigenvalue weighted by atomic mass is 10.1. The highest BCUT2D eigenvalue weighted by molar-refractivity contribution is 6.31. The average Bonchev–Trinajstić information content (AvgIpc) is 2.70. The van der Waals surface area contributed by atoms with Crippen molar-refractivity contribution < 1.29 is 0 Å². The zero-order valence-corrected chi connectivity index (χ0v) is 11.6. The van der Waals surface area contributed by atoms with Gasteiger partial charge in [0.25, 0.3) is 0 Å². The van der Waals surface area contributed by atoms with Crippen LogP contribution in [-0.4, -0.2) is 4.57 Å². The smallest absolute Gasteiger partial charge is 0.102 e. The Balaban J connectivity index is 2.42. The first kappa shape index (κ1) is 12.6. The highest BCUT2D eigenvalue weighted by Gasteiger charge is 2.16. The van der Waals surface area contributed by atoms with E-state index in [4.69, 9.17) is 17.3 Å². The molecule has 1 aromatic heterocycles. The number of hydrogen-bond acceptors (Lipinski definition) is 2. The van der Waals surface area contributed by atoms with Gasteiger partial charge in [-0.15, -0.1) is 0 Å². The van der Waals surface area contributed by atoms with Gasteiger partial charge in [0.15, 0.2) is 0 Å². The van der Waals surface area contributed by atoms with Gasteiger partial charge < -0.3 is 10.3 Å². The van der Waals surface area contributed by atoms with E-state index in [0.29, 0.717) is 16.3 Å². The Morgan fingerprint density at radius 3 is 2.70 bits per heavy atom. The predicted octanol–water partition coefficient (Wildman–Crippen LogP) is 3.95. The third-order valence-electron chi connectivity index (χ3n) is 3.43. The second-order valence-corrected chi connectivity index (χ2v) is 5.12. The van der Waals surface area contributed by atoms with Crippen molar-refractivity contribution in [2.45, 2.75) is 0 Å². The van der Waals surface area contributed by atoms with E-state index >= 15 is 0 Å². The standard InChI is InChI=1S/C16H12ClN3/c1-20-15-6-5-11(17)8-13(15)14(9-18)16(20)10-3-2-4-12(19)7-10/h2-8H,19H2,1H3. The monoisotopic (exact) mass is 281 g/mol. The van der Waals surface area contributed by atoms with E-state index in [2.05, 4.69) is 6.07 Å². The molecule has 0 atom stereocenters. The van der Waals surface area contributed by atoms with Crippen molar-refractivity contribution in [2.75, 3.05) is 5.73 Å². The van der Waals surface area contributed by atoms with Crippen molar-refractivity contribution in [3.63, 3.8) is 0 Å². The number of halogens is 1. The Labute approximate surface area is 121 Å². The summed E-state index contributed by atoms with van der Waals surface area (Å²) in [6.45, 7) is 0. The number of benzene rings is 2. The Bertz CT molecular complexity index is 856. The van der Waals surface area contributed by atoms with Gasteiger partial charge in [-0.3, -0.25) is 0 Å². The van der Waals surface area contributed by atoms with Crippen molar-refractivity contribution in [3.05, 3.63) is 53.1 Å². The van der Waals surface area contributed by atoms with Crippen LogP contribution in [0.1, 0.15) is 5.56 Å². The Morgan fingerprint density at radius 2 is 2.00 bits per heavy atom. The fourth-order valence-electron chi connectivity index (χ4n) is 2.55. The quantitative estimate of drug-likeness (QED) is 0.687. The maximum Gasteiger partial charge on any atom is 0.102 e. The van der Waals surface area contributed by atoms with Crippen LogP contribution >= 0.6 is 11.6 Å². The Kier molecular flexibility index (Phi) is 2.89. The van der Waals surface area contributed by atoms with E-state index < -0.39 is 0 Å². The molecule has 1 heterocycles. The summed E-state index contributed by atoms with van der Waals surface area (Å²) in [7, 11) is 1.94. The minimum atomic E-state index is 0.621. The predicted molar refractivity (Wildman–Crippen MR) is 82.5 cm³/mol. The Morgan fingerprint density at radius 1 is 1.20 bits per heavy atom. The molecule has 0 radical (unpaired) electrons. The van der Waals surface area contributed by atoms with Gasteiger partial charge in [-0.25, -0.2) is 0 Å². The summed E-state index contributed by atoms with van der Waals surface area (Å²) in [5, 5.41) is 11.0. The topological polar surface area (TPSA) is 54.7 Å². The van der Waals surface area contributed by atoms with Crippen LogP contribution in [0.25, 0.3) is 22.2 Å². The largest absolute Gasteiger partial charge is 0.399 e. The molecular formula is C16H12ClN3. The number of nitrogens with zero attached hydrogens (tertiary/aromatic N) is 2. The molecule has 2 aromatic carbocycles. The third kappa shape index (κ3) is 1.82. The summed E-state index contributed by atoms with van der Waals surface area (Å²) < 4.78 is 2.00. The van der Waals surface area contributed by atoms with Crippen molar-refractivity contribution in [1.29, 1.82) is 5.26 Å². The molecule has 0 saturated heterocycles. The van der Waals surface area contributed by atoms with Crippen molar-refractivity contribution >= 4 is 28.2 Å². The lowest BCUT2D eigenvalue weighted by Gasteiger charge is -2.06. The van der Waals surface area contributed by atoms with Gasteiger partial charge in [0.05, 0.1) is 11.3 Å². The highest BCUT2D eigenvalue weighted by Crippen LogP contribution is 2.34. The molecule has 0 amide bonds. The van der Waals surface area contributed by atoms with E-state index in [1.165, 1.54) is 0 Å². The number of anilines is 1. The number of rotatable bonds is 1. The molecule has 3 nitrogen and oxygen atoms in total. The van der Waals surface area contributed by atoms with E-state index in [1.54, 1.807) is 0 Å². The van der Waals surface area contributed by atoms with Gasteiger partial charge in [-0.2, -0.15) is 5.26 Å². The SMILES string of the molecule is Cn1c(-c2cccc(N)c2)c(C#N)c2cc(Cl)ccc21. The molecule has 3 aromatic rings. The summed E-state index contributed by atoms with van der Waals surface area (Å²) in [6.07, 6.45) is 0. The van der Waals surface area contributed by atoms with E-state index in [-0.39, 0.29) is 0 Å². The zero-order valence-electron chi connectivity index (χ0n) is 10.9. The molecule has 2 N–H and O–H groups in total. The van der Waals surface area contributed by atoms with Crippen LogP contribution in [0.15, 0.2) is 42.5 Å². The van der Waals surface area contributed by atoms with Crippen LogP contribution in [0.3, 0.4) is 0 Å². The molecule has 0 saturated carbocycles. The van der Waals surface area contributed by atoms with Gasteiger partial charge >= 0.3 is 0 Å². The summed E-state index contributed by atoms with van der Waals surface area (Å²) in [4.78, 5) is 0. The molecule has 0 aliphatic heterocycles. The van der Waals surface area contributed by atoms with E-state index in [0.717, 1.165) is 22.2 Å². The number of nitrogens with two attached hydrogens (primary N) is 1. The second kappa shape index (κ2) is 4.59. The number of aromatic nitrogens is 1. The first-order chi connectivity index (χ1) is 9.61. The first-order valence-corrected chi connectivity index (χ1v) is 6.53. The van der Waals surface area contributed by atoms with Crippen LogP contribution in [0.4, 0.5) is 5.69 Å². The van der Waals surface area contributed by atoms with Crippen molar-refractivity contribution in [3.8, 4) is 17.3 Å². The van der Waals surface area contributed by atoms with Crippen LogP contribution in [0.2, 0.25) is 5.02 Å². The molecule has 20 heavy (non-hydrogen) atoms. The number of nitrogen functional groups attached to an aromatic ring is 1. The Hall–Kier alpha value is -2.44. The summed E-state index contributed by atoms with van der Waals surface area (Å²) in [6, 6.07) is 15.4. The fraction of sp³-hybridized carbons (Fsp3) is 0.0625. The molecular weight excluding hydrogens is 270 g/mol. The van der Waals surface area contributed by atoms with E-state index in [9.17, 15) is 5.26 Å². The minimum absolute atomic E-state index is 0.621.